The van der Waals surface area contributed by atoms with Crippen LogP contribution in [0.3, 0.4) is 0 Å². The number of para-hydroxylation sites is 1. The molecule has 1 aromatic carbocycles. The molecule has 1 atom stereocenters. The molecule has 0 aromatic heterocycles. The van der Waals surface area contributed by atoms with Gasteiger partial charge in [0.1, 0.15) is 5.41 Å². The van der Waals surface area contributed by atoms with Crippen LogP contribution in [-0.2, 0) is 4.79 Å². The molecule has 1 rings (SSSR count). The highest BCUT2D eigenvalue weighted by Gasteiger charge is 2.31. The molecule has 0 spiro atoms. The Morgan fingerprint density at radius 3 is 2.35 bits per heavy atom. The van der Waals surface area contributed by atoms with Crippen molar-refractivity contribution < 1.29 is 4.79 Å². The highest BCUT2D eigenvalue weighted by Crippen LogP contribution is 2.25. The maximum atomic E-state index is 12.1. The van der Waals surface area contributed by atoms with Gasteiger partial charge in [0.25, 0.3) is 0 Å². The smallest absolute Gasteiger partial charge is 0.244 e. The number of nitrogens with one attached hydrogen (secondary N) is 1. The summed E-state index contributed by atoms with van der Waals surface area (Å²) in [4.78, 5) is 12.1. The lowest BCUT2D eigenvalue weighted by Crippen LogP contribution is -2.32. The van der Waals surface area contributed by atoms with Crippen molar-refractivity contribution in [3.8, 4) is 6.07 Å². The van der Waals surface area contributed by atoms with Gasteiger partial charge in [0.2, 0.25) is 5.91 Å². The summed E-state index contributed by atoms with van der Waals surface area (Å²) in [6.07, 6.45) is 0.500. The van der Waals surface area contributed by atoms with Gasteiger partial charge in [-0.2, -0.15) is 5.26 Å². The van der Waals surface area contributed by atoms with E-state index in [1.54, 1.807) is 6.92 Å². The van der Waals surface area contributed by atoms with Gasteiger partial charge in [-0.25, -0.2) is 0 Å². The molecule has 0 saturated carbocycles. The van der Waals surface area contributed by atoms with E-state index in [1.165, 1.54) is 0 Å². The van der Waals surface area contributed by atoms with Gasteiger partial charge >= 0.3 is 0 Å². The SMILES string of the molecule is CCC(C)(C#N)C(=O)Nc1c(C)cccc1C. The Labute approximate surface area is 102 Å². The van der Waals surface area contributed by atoms with Crippen LogP contribution in [0.5, 0.6) is 0 Å². The number of nitriles is 1. The molecule has 1 amide bonds. The molecule has 1 N–H and O–H groups in total. The maximum absolute atomic E-state index is 12.1. The summed E-state index contributed by atoms with van der Waals surface area (Å²) in [5.41, 5.74) is 1.87. The van der Waals surface area contributed by atoms with Gasteiger partial charge in [0.05, 0.1) is 6.07 Å². The maximum Gasteiger partial charge on any atom is 0.244 e. The van der Waals surface area contributed by atoms with Crippen molar-refractivity contribution in [3.05, 3.63) is 29.3 Å². The lowest BCUT2D eigenvalue weighted by molar-refractivity contribution is -0.122. The van der Waals surface area contributed by atoms with Crippen LogP contribution in [0.4, 0.5) is 5.69 Å². The molecule has 1 aromatic rings. The third kappa shape index (κ3) is 2.65. The van der Waals surface area contributed by atoms with E-state index in [2.05, 4.69) is 11.4 Å². The van der Waals surface area contributed by atoms with Gasteiger partial charge in [-0.05, 0) is 38.3 Å². The quantitative estimate of drug-likeness (QED) is 0.867. The van der Waals surface area contributed by atoms with Crippen LogP contribution >= 0.6 is 0 Å². The lowest BCUT2D eigenvalue weighted by atomic mass is 9.88. The van der Waals surface area contributed by atoms with E-state index in [0.29, 0.717) is 6.42 Å². The summed E-state index contributed by atoms with van der Waals surface area (Å²) in [6, 6.07) is 7.91. The van der Waals surface area contributed by atoms with E-state index in [-0.39, 0.29) is 5.91 Å². The average molecular weight is 230 g/mol. The van der Waals surface area contributed by atoms with Gasteiger partial charge in [-0.15, -0.1) is 0 Å². The zero-order valence-corrected chi connectivity index (χ0v) is 10.8. The zero-order chi connectivity index (χ0) is 13.1. The second-order valence-corrected chi connectivity index (χ2v) is 4.52. The minimum Gasteiger partial charge on any atom is -0.324 e. The number of anilines is 1. The first-order valence-corrected chi connectivity index (χ1v) is 5.73. The fourth-order valence-electron chi connectivity index (χ4n) is 1.55. The first-order chi connectivity index (χ1) is 7.94. The molecular weight excluding hydrogens is 212 g/mol. The van der Waals surface area contributed by atoms with Crippen LogP contribution in [-0.4, -0.2) is 5.91 Å². The number of benzene rings is 1. The fraction of sp³-hybridized carbons (Fsp3) is 0.429. The standard InChI is InChI=1S/C14H18N2O/c1-5-14(4,9-15)13(17)16-12-10(2)7-6-8-11(12)3/h6-8H,5H2,1-4H3,(H,16,17). The molecule has 0 heterocycles. The van der Waals surface area contributed by atoms with Gasteiger partial charge < -0.3 is 5.32 Å². The topological polar surface area (TPSA) is 52.9 Å². The predicted molar refractivity (Wildman–Crippen MR) is 68.6 cm³/mol. The van der Waals surface area contributed by atoms with Crippen molar-refractivity contribution in [3.63, 3.8) is 0 Å². The van der Waals surface area contributed by atoms with E-state index in [9.17, 15) is 4.79 Å². The Kier molecular flexibility index (Phi) is 3.90. The van der Waals surface area contributed by atoms with Crippen LogP contribution in [0, 0.1) is 30.6 Å². The Bertz CT molecular complexity index is 453. The molecular formula is C14H18N2O. The van der Waals surface area contributed by atoms with Crippen molar-refractivity contribution in [2.75, 3.05) is 5.32 Å². The highest BCUT2D eigenvalue weighted by molar-refractivity contribution is 5.98. The monoisotopic (exact) mass is 230 g/mol. The zero-order valence-electron chi connectivity index (χ0n) is 10.8. The molecule has 0 aliphatic rings. The summed E-state index contributed by atoms with van der Waals surface area (Å²) in [5.74, 6) is -0.236. The average Bonchev–Trinajstić information content (AvgIpc) is 2.32. The van der Waals surface area contributed by atoms with E-state index in [1.807, 2.05) is 39.0 Å². The van der Waals surface area contributed by atoms with Crippen molar-refractivity contribution in [2.45, 2.75) is 34.1 Å². The van der Waals surface area contributed by atoms with Gasteiger partial charge in [-0.1, -0.05) is 25.1 Å². The third-order valence-electron chi connectivity index (χ3n) is 3.17. The van der Waals surface area contributed by atoms with E-state index in [4.69, 9.17) is 5.26 Å². The number of carbonyl (C=O) groups excluding carboxylic acids is 1. The molecule has 0 bridgehead atoms. The second kappa shape index (κ2) is 5.01. The molecule has 1 unspecified atom stereocenters. The Hall–Kier alpha value is -1.82. The normalized spacial score (nSPS) is 13.6. The summed E-state index contributed by atoms with van der Waals surface area (Å²) in [6.45, 7) is 7.39. The van der Waals surface area contributed by atoms with Crippen LogP contribution in [0.15, 0.2) is 18.2 Å². The van der Waals surface area contributed by atoms with Crippen LogP contribution < -0.4 is 5.32 Å². The van der Waals surface area contributed by atoms with E-state index >= 15 is 0 Å². The van der Waals surface area contributed by atoms with Crippen LogP contribution in [0.1, 0.15) is 31.4 Å². The number of aryl methyl sites for hydroxylation is 2. The summed E-state index contributed by atoms with van der Waals surface area (Å²) in [5, 5.41) is 11.9. The predicted octanol–water partition coefficient (Wildman–Crippen LogP) is 3.18. The third-order valence-corrected chi connectivity index (χ3v) is 3.17. The van der Waals surface area contributed by atoms with Crippen LogP contribution in [0.2, 0.25) is 0 Å². The Morgan fingerprint density at radius 2 is 1.94 bits per heavy atom. The fourth-order valence-corrected chi connectivity index (χ4v) is 1.55. The molecule has 0 radical (unpaired) electrons. The molecule has 3 heteroatoms. The van der Waals surface area contributed by atoms with E-state index in [0.717, 1.165) is 16.8 Å². The molecule has 0 fully saturated rings. The van der Waals surface area contributed by atoms with Gasteiger partial charge in [0, 0.05) is 5.69 Å². The number of rotatable bonds is 3. The molecule has 90 valence electrons. The number of hydrogen-bond donors (Lipinski definition) is 1. The van der Waals surface area contributed by atoms with Crippen molar-refractivity contribution >= 4 is 11.6 Å². The lowest BCUT2D eigenvalue weighted by Gasteiger charge is -2.20. The molecule has 0 aliphatic carbocycles. The summed E-state index contributed by atoms with van der Waals surface area (Å²) in [7, 11) is 0. The summed E-state index contributed by atoms with van der Waals surface area (Å²) >= 11 is 0. The minimum atomic E-state index is -0.964. The highest BCUT2D eigenvalue weighted by atomic mass is 16.2. The first-order valence-electron chi connectivity index (χ1n) is 5.73. The number of hydrogen-bond acceptors (Lipinski definition) is 2. The van der Waals surface area contributed by atoms with Crippen molar-refractivity contribution in [2.24, 2.45) is 5.41 Å². The molecule has 0 saturated heterocycles. The molecule has 3 nitrogen and oxygen atoms in total. The first kappa shape index (κ1) is 13.2. The van der Waals surface area contributed by atoms with Gasteiger partial charge in [-0.3, -0.25) is 4.79 Å². The molecule has 17 heavy (non-hydrogen) atoms. The Balaban J connectivity index is 3.01. The molecule has 0 aliphatic heterocycles. The minimum absolute atomic E-state index is 0.236. The van der Waals surface area contributed by atoms with Gasteiger partial charge in [0.15, 0.2) is 0 Å². The van der Waals surface area contributed by atoms with Crippen LogP contribution in [0.25, 0.3) is 0 Å². The van der Waals surface area contributed by atoms with Crippen molar-refractivity contribution in [1.29, 1.82) is 5.26 Å². The Morgan fingerprint density at radius 1 is 1.41 bits per heavy atom. The number of nitrogens with zero attached hydrogens (tertiary/aromatic N) is 1. The largest absolute Gasteiger partial charge is 0.324 e. The second-order valence-electron chi connectivity index (χ2n) is 4.52. The van der Waals surface area contributed by atoms with Crippen molar-refractivity contribution in [1.82, 2.24) is 0 Å². The number of carbonyl (C=O) groups is 1. The van der Waals surface area contributed by atoms with E-state index < -0.39 is 5.41 Å². The number of amides is 1. The summed E-state index contributed by atoms with van der Waals surface area (Å²) < 4.78 is 0.